The Bertz CT molecular complexity index is 527. The Labute approximate surface area is 106 Å². The molecule has 18 heavy (non-hydrogen) atoms. The normalized spacial score (nSPS) is 15.6. The molecule has 1 aromatic rings. The number of ketones is 1. The number of nitrogens with zero attached hydrogens (tertiary/aromatic N) is 1. The van der Waals surface area contributed by atoms with E-state index >= 15 is 0 Å². The Morgan fingerprint density at radius 3 is 2.72 bits per heavy atom. The molecule has 92 valence electrons. The van der Waals surface area contributed by atoms with Crippen LogP contribution >= 0.6 is 0 Å². The number of anilines is 1. The van der Waals surface area contributed by atoms with Crippen molar-refractivity contribution >= 4 is 17.4 Å². The van der Waals surface area contributed by atoms with Gasteiger partial charge in [-0.3, -0.25) is 9.59 Å². The number of Topliss-reactive ketones (excluding diaryl/α,β-unsaturated/α-hetero) is 1. The molecule has 1 N–H and O–H groups in total. The summed E-state index contributed by atoms with van der Waals surface area (Å²) in [6, 6.07) is 9.06. The standard InChI is InChI=1S/C14H14N2O2/c1-9-3-2-4-11(7-9)16-14(18)12(8-15)13(17)10-5-6-10/h2-4,7,10,12H,5-6H2,1H3,(H,16,18)/t12-/m0/s1. The lowest BCUT2D eigenvalue weighted by atomic mass is 10.0. The van der Waals surface area contributed by atoms with Crippen molar-refractivity contribution < 1.29 is 9.59 Å². The SMILES string of the molecule is Cc1cccc(NC(=O)[C@@H](C#N)C(=O)C2CC2)c1. The van der Waals surface area contributed by atoms with Crippen LogP contribution in [0.25, 0.3) is 0 Å². The average Bonchev–Trinajstić information content (AvgIpc) is 3.13. The third kappa shape index (κ3) is 2.75. The molecular weight excluding hydrogens is 228 g/mol. The first-order valence-corrected chi connectivity index (χ1v) is 5.92. The Hall–Kier alpha value is -2.15. The van der Waals surface area contributed by atoms with Crippen LogP contribution in [0.1, 0.15) is 18.4 Å². The number of carbonyl (C=O) groups is 2. The van der Waals surface area contributed by atoms with Crippen LogP contribution in [-0.2, 0) is 9.59 Å². The van der Waals surface area contributed by atoms with Gasteiger partial charge in [0.1, 0.15) is 0 Å². The highest BCUT2D eigenvalue weighted by atomic mass is 16.2. The van der Waals surface area contributed by atoms with Gasteiger partial charge < -0.3 is 5.32 Å². The number of hydrogen-bond donors (Lipinski definition) is 1. The summed E-state index contributed by atoms with van der Waals surface area (Å²) in [5.74, 6) is -2.04. The van der Waals surface area contributed by atoms with E-state index in [4.69, 9.17) is 5.26 Å². The van der Waals surface area contributed by atoms with Crippen molar-refractivity contribution in [2.24, 2.45) is 11.8 Å². The summed E-state index contributed by atoms with van der Waals surface area (Å²) in [6.07, 6.45) is 1.60. The monoisotopic (exact) mass is 242 g/mol. The molecule has 0 unspecified atom stereocenters. The third-order valence-electron chi connectivity index (χ3n) is 2.94. The highest BCUT2D eigenvalue weighted by Gasteiger charge is 2.38. The van der Waals surface area contributed by atoms with Crippen LogP contribution in [0.3, 0.4) is 0 Å². The van der Waals surface area contributed by atoms with E-state index in [2.05, 4.69) is 5.32 Å². The molecule has 0 aromatic heterocycles. The highest BCUT2D eigenvalue weighted by Crippen LogP contribution is 2.32. The van der Waals surface area contributed by atoms with E-state index in [-0.39, 0.29) is 11.7 Å². The summed E-state index contributed by atoms with van der Waals surface area (Å²) in [4.78, 5) is 23.6. The fraction of sp³-hybridized carbons (Fsp3) is 0.357. The smallest absolute Gasteiger partial charge is 0.249 e. The molecule has 1 aliphatic carbocycles. The molecule has 0 saturated heterocycles. The van der Waals surface area contributed by atoms with Crippen LogP contribution < -0.4 is 5.32 Å². The van der Waals surface area contributed by atoms with Crippen molar-refractivity contribution in [1.82, 2.24) is 0 Å². The molecule has 2 rings (SSSR count). The van der Waals surface area contributed by atoms with Crippen LogP contribution in [0.15, 0.2) is 24.3 Å². The van der Waals surface area contributed by atoms with Gasteiger partial charge in [0.25, 0.3) is 0 Å². The van der Waals surface area contributed by atoms with Gasteiger partial charge >= 0.3 is 0 Å². The zero-order chi connectivity index (χ0) is 13.1. The van der Waals surface area contributed by atoms with Crippen molar-refractivity contribution in [2.75, 3.05) is 5.32 Å². The zero-order valence-corrected chi connectivity index (χ0v) is 10.1. The molecule has 4 nitrogen and oxygen atoms in total. The van der Waals surface area contributed by atoms with E-state index in [0.717, 1.165) is 18.4 Å². The van der Waals surface area contributed by atoms with Crippen molar-refractivity contribution in [3.8, 4) is 6.07 Å². The number of rotatable bonds is 4. The minimum atomic E-state index is -1.18. The molecule has 1 atom stereocenters. The topological polar surface area (TPSA) is 70.0 Å². The average molecular weight is 242 g/mol. The number of benzene rings is 1. The van der Waals surface area contributed by atoms with Gasteiger partial charge in [0.15, 0.2) is 11.7 Å². The van der Waals surface area contributed by atoms with Crippen molar-refractivity contribution in [1.29, 1.82) is 5.26 Å². The van der Waals surface area contributed by atoms with Gasteiger partial charge in [-0.1, -0.05) is 12.1 Å². The van der Waals surface area contributed by atoms with E-state index < -0.39 is 11.8 Å². The molecular formula is C14H14N2O2. The second-order valence-electron chi connectivity index (χ2n) is 4.60. The predicted octanol–water partition coefficient (Wildman–Crippen LogP) is 2.05. The number of aryl methyl sites for hydroxylation is 1. The lowest BCUT2D eigenvalue weighted by Crippen LogP contribution is -2.29. The van der Waals surface area contributed by atoms with Crippen LogP contribution in [0.4, 0.5) is 5.69 Å². The molecule has 0 heterocycles. The van der Waals surface area contributed by atoms with Gasteiger partial charge in [-0.05, 0) is 37.5 Å². The number of nitrogens with one attached hydrogen (secondary N) is 1. The number of amides is 1. The summed E-state index contributed by atoms with van der Waals surface area (Å²) in [5.41, 5.74) is 1.62. The summed E-state index contributed by atoms with van der Waals surface area (Å²) in [7, 11) is 0. The van der Waals surface area contributed by atoms with E-state index in [1.54, 1.807) is 18.2 Å². The van der Waals surface area contributed by atoms with Gasteiger partial charge in [0.05, 0.1) is 6.07 Å². The first kappa shape index (κ1) is 12.3. The van der Waals surface area contributed by atoms with Crippen molar-refractivity contribution in [3.05, 3.63) is 29.8 Å². The fourth-order valence-corrected chi connectivity index (χ4v) is 1.79. The van der Waals surface area contributed by atoms with Crippen LogP contribution in [0, 0.1) is 30.1 Å². The van der Waals surface area contributed by atoms with Gasteiger partial charge in [0, 0.05) is 11.6 Å². The van der Waals surface area contributed by atoms with Gasteiger partial charge in [-0.2, -0.15) is 5.26 Å². The lowest BCUT2D eigenvalue weighted by molar-refractivity contribution is -0.129. The number of nitriles is 1. The second-order valence-corrected chi connectivity index (χ2v) is 4.60. The molecule has 1 amide bonds. The van der Waals surface area contributed by atoms with Crippen molar-refractivity contribution in [3.63, 3.8) is 0 Å². The minimum absolute atomic E-state index is 0.0853. The summed E-state index contributed by atoms with van der Waals surface area (Å²) in [5, 5.41) is 11.6. The fourth-order valence-electron chi connectivity index (χ4n) is 1.79. The summed E-state index contributed by atoms with van der Waals surface area (Å²) < 4.78 is 0. The predicted molar refractivity (Wildman–Crippen MR) is 66.6 cm³/mol. The number of hydrogen-bond acceptors (Lipinski definition) is 3. The molecule has 4 heteroatoms. The van der Waals surface area contributed by atoms with Gasteiger partial charge in [-0.15, -0.1) is 0 Å². The minimum Gasteiger partial charge on any atom is -0.325 e. The molecule has 0 bridgehead atoms. The first-order valence-electron chi connectivity index (χ1n) is 5.92. The highest BCUT2D eigenvalue weighted by molar-refractivity contribution is 6.10. The zero-order valence-electron chi connectivity index (χ0n) is 10.1. The molecule has 1 saturated carbocycles. The van der Waals surface area contributed by atoms with E-state index in [1.165, 1.54) is 0 Å². The molecule has 0 spiro atoms. The summed E-state index contributed by atoms with van der Waals surface area (Å²) >= 11 is 0. The van der Waals surface area contributed by atoms with Gasteiger partial charge in [-0.25, -0.2) is 0 Å². The quantitative estimate of drug-likeness (QED) is 0.821. The molecule has 1 fully saturated rings. The van der Waals surface area contributed by atoms with E-state index in [0.29, 0.717) is 5.69 Å². The maximum Gasteiger partial charge on any atom is 0.249 e. The van der Waals surface area contributed by atoms with Crippen LogP contribution in [-0.4, -0.2) is 11.7 Å². The van der Waals surface area contributed by atoms with E-state index in [9.17, 15) is 9.59 Å². The van der Waals surface area contributed by atoms with Crippen molar-refractivity contribution in [2.45, 2.75) is 19.8 Å². The van der Waals surface area contributed by atoms with Crippen LogP contribution in [0.5, 0.6) is 0 Å². The van der Waals surface area contributed by atoms with E-state index in [1.807, 2.05) is 19.1 Å². The lowest BCUT2D eigenvalue weighted by Gasteiger charge is -2.09. The second kappa shape index (κ2) is 5.01. The first-order chi connectivity index (χ1) is 8.61. The maximum atomic E-state index is 11.9. The number of carbonyl (C=O) groups excluding carboxylic acids is 2. The largest absolute Gasteiger partial charge is 0.325 e. The van der Waals surface area contributed by atoms with Crippen LogP contribution in [0.2, 0.25) is 0 Å². The molecule has 1 aliphatic rings. The Kier molecular flexibility index (Phi) is 3.42. The Morgan fingerprint density at radius 1 is 1.44 bits per heavy atom. The Morgan fingerprint density at radius 2 is 2.17 bits per heavy atom. The van der Waals surface area contributed by atoms with Gasteiger partial charge in [0.2, 0.25) is 5.91 Å². The Balaban J connectivity index is 2.06. The molecule has 1 aromatic carbocycles. The maximum absolute atomic E-state index is 11.9. The molecule has 0 aliphatic heterocycles. The molecule has 0 radical (unpaired) electrons. The third-order valence-corrected chi connectivity index (χ3v) is 2.94. The summed E-state index contributed by atoms with van der Waals surface area (Å²) in [6.45, 7) is 1.91.